The second-order valence-electron chi connectivity index (χ2n) is 7.88. The number of hydrogen-bond acceptors (Lipinski definition) is 6. The van der Waals surface area contributed by atoms with Crippen molar-refractivity contribution in [3.63, 3.8) is 0 Å². The highest BCUT2D eigenvalue weighted by molar-refractivity contribution is 6.51. The summed E-state index contributed by atoms with van der Waals surface area (Å²) in [6, 6.07) is 19.3. The molecule has 1 aliphatic heterocycles. The number of Topliss-reactive ketones (excluding diaryl/α,β-unsaturated/α-hetero) is 1. The van der Waals surface area contributed by atoms with Gasteiger partial charge in [0.25, 0.3) is 11.7 Å². The summed E-state index contributed by atoms with van der Waals surface area (Å²) in [6.07, 6.45) is 0. The molecule has 1 atom stereocenters. The first-order chi connectivity index (χ1) is 16.8. The van der Waals surface area contributed by atoms with E-state index in [-0.39, 0.29) is 17.2 Å². The zero-order valence-corrected chi connectivity index (χ0v) is 19.4. The molecule has 8 nitrogen and oxygen atoms in total. The fraction of sp³-hybridized carbons (Fsp3) is 0.148. The van der Waals surface area contributed by atoms with Gasteiger partial charge in [-0.25, -0.2) is 0 Å². The number of anilines is 2. The van der Waals surface area contributed by atoms with E-state index in [0.29, 0.717) is 34.0 Å². The third-order valence-electron chi connectivity index (χ3n) is 5.68. The van der Waals surface area contributed by atoms with E-state index >= 15 is 0 Å². The highest BCUT2D eigenvalue weighted by Crippen LogP contribution is 2.44. The SMILES string of the molecule is COc1ccc([C@H]2/C(=C(\O)c3ccccc3)C(=O)C(=O)N2c2ccc(NC(C)=O)cc2)cc1OC. The number of carbonyl (C=O) groups is 3. The maximum atomic E-state index is 13.3. The molecule has 0 radical (unpaired) electrons. The Morgan fingerprint density at radius 3 is 2.17 bits per heavy atom. The largest absolute Gasteiger partial charge is 0.507 e. The molecule has 1 aliphatic rings. The minimum absolute atomic E-state index is 0.0423. The van der Waals surface area contributed by atoms with Gasteiger partial charge in [0.05, 0.1) is 25.8 Å². The van der Waals surface area contributed by atoms with Gasteiger partial charge in [0.1, 0.15) is 5.76 Å². The van der Waals surface area contributed by atoms with Gasteiger partial charge in [-0.3, -0.25) is 19.3 Å². The quantitative estimate of drug-likeness (QED) is 0.315. The van der Waals surface area contributed by atoms with Gasteiger partial charge in [-0.15, -0.1) is 0 Å². The first kappa shape index (κ1) is 23.6. The molecule has 0 bridgehead atoms. The van der Waals surface area contributed by atoms with Crippen LogP contribution in [-0.2, 0) is 14.4 Å². The molecule has 1 fully saturated rings. The predicted octanol–water partition coefficient (Wildman–Crippen LogP) is 4.29. The molecule has 1 saturated heterocycles. The van der Waals surface area contributed by atoms with Crippen molar-refractivity contribution in [1.29, 1.82) is 0 Å². The van der Waals surface area contributed by atoms with Crippen LogP contribution in [0.4, 0.5) is 11.4 Å². The summed E-state index contributed by atoms with van der Waals surface area (Å²) in [7, 11) is 3.00. The minimum Gasteiger partial charge on any atom is -0.507 e. The Morgan fingerprint density at radius 1 is 0.914 bits per heavy atom. The van der Waals surface area contributed by atoms with Crippen LogP contribution in [-0.4, -0.2) is 36.9 Å². The molecule has 1 heterocycles. The molecular formula is C27H24N2O6. The predicted molar refractivity (Wildman–Crippen MR) is 132 cm³/mol. The Bertz CT molecular complexity index is 1320. The minimum atomic E-state index is -0.929. The molecule has 0 saturated carbocycles. The van der Waals surface area contributed by atoms with Gasteiger partial charge < -0.3 is 19.9 Å². The second kappa shape index (κ2) is 9.72. The lowest BCUT2D eigenvalue weighted by Crippen LogP contribution is -2.29. The Kier molecular flexibility index (Phi) is 6.55. The average Bonchev–Trinajstić information content (AvgIpc) is 3.14. The zero-order chi connectivity index (χ0) is 25.1. The number of methoxy groups -OCH3 is 2. The van der Waals surface area contributed by atoms with E-state index in [1.807, 2.05) is 0 Å². The lowest BCUT2D eigenvalue weighted by atomic mass is 9.94. The number of ether oxygens (including phenoxy) is 2. The van der Waals surface area contributed by atoms with Crippen LogP contribution in [0.25, 0.3) is 5.76 Å². The Labute approximate surface area is 202 Å². The van der Waals surface area contributed by atoms with Gasteiger partial charge in [0.2, 0.25) is 5.91 Å². The van der Waals surface area contributed by atoms with Crippen LogP contribution in [0, 0.1) is 0 Å². The van der Waals surface area contributed by atoms with Crippen LogP contribution in [0.3, 0.4) is 0 Å². The second-order valence-corrected chi connectivity index (χ2v) is 7.88. The molecule has 4 rings (SSSR count). The first-order valence-electron chi connectivity index (χ1n) is 10.8. The molecule has 8 heteroatoms. The van der Waals surface area contributed by atoms with Crippen molar-refractivity contribution in [3.05, 3.63) is 89.5 Å². The van der Waals surface area contributed by atoms with Crippen LogP contribution in [0.5, 0.6) is 11.5 Å². The lowest BCUT2D eigenvalue weighted by Gasteiger charge is -2.26. The molecule has 35 heavy (non-hydrogen) atoms. The highest BCUT2D eigenvalue weighted by atomic mass is 16.5. The van der Waals surface area contributed by atoms with E-state index in [9.17, 15) is 19.5 Å². The highest BCUT2D eigenvalue weighted by Gasteiger charge is 2.47. The van der Waals surface area contributed by atoms with Gasteiger partial charge in [0.15, 0.2) is 11.5 Å². The van der Waals surface area contributed by atoms with E-state index in [2.05, 4.69) is 5.32 Å². The van der Waals surface area contributed by atoms with Crippen LogP contribution < -0.4 is 19.7 Å². The Balaban J connectivity index is 1.90. The van der Waals surface area contributed by atoms with Crippen LogP contribution in [0.2, 0.25) is 0 Å². The van der Waals surface area contributed by atoms with E-state index in [1.165, 1.54) is 26.0 Å². The van der Waals surface area contributed by atoms with Gasteiger partial charge in [-0.2, -0.15) is 0 Å². The number of aliphatic hydroxyl groups is 1. The van der Waals surface area contributed by atoms with Gasteiger partial charge in [-0.05, 0) is 42.0 Å². The van der Waals surface area contributed by atoms with Crippen molar-refractivity contribution in [1.82, 2.24) is 0 Å². The number of aliphatic hydroxyl groups excluding tert-OH is 1. The summed E-state index contributed by atoms with van der Waals surface area (Å²) in [5, 5.41) is 13.8. The normalized spacial score (nSPS) is 16.8. The van der Waals surface area contributed by atoms with E-state index < -0.39 is 17.7 Å². The number of amides is 2. The molecule has 0 unspecified atom stereocenters. The van der Waals surface area contributed by atoms with Gasteiger partial charge in [-0.1, -0.05) is 36.4 Å². The van der Waals surface area contributed by atoms with E-state index in [0.717, 1.165) is 0 Å². The van der Waals surface area contributed by atoms with Crippen molar-refractivity contribution < 1.29 is 29.0 Å². The van der Waals surface area contributed by atoms with Crippen molar-refractivity contribution in [2.24, 2.45) is 0 Å². The summed E-state index contributed by atoms with van der Waals surface area (Å²) in [6.45, 7) is 1.40. The third kappa shape index (κ3) is 4.46. The Morgan fingerprint density at radius 2 is 1.57 bits per heavy atom. The molecule has 178 valence electrons. The number of hydrogen-bond donors (Lipinski definition) is 2. The number of nitrogens with one attached hydrogen (secondary N) is 1. The fourth-order valence-electron chi connectivity index (χ4n) is 4.10. The van der Waals surface area contributed by atoms with Crippen molar-refractivity contribution in [2.45, 2.75) is 13.0 Å². The fourth-order valence-corrected chi connectivity index (χ4v) is 4.10. The molecule has 0 aromatic heterocycles. The summed E-state index contributed by atoms with van der Waals surface area (Å²) in [4.78, 5) is 39.2. The number of benzene rings is 3. The maximum Gasteiger partial charge on any atom is 0.300 e. The first-order valence-corrected chi connectivity index (χ1v) is 10.8. The lowest BCUT2D eigenvalue weighted by molar-refractivity contribution is -0.132. The maximum absolute atomic E-state index is 13.3. The zero-order valence-electron chi connectivity index (χ0n) is 19.4. The molecule has 3 aromatic rings. The topological polar surface area (TPSA) is 105 Å². The monoisotopic (exact) mass is 472 g/mol. The van der Waals surface area contributed by atoms with Crippen molar-refractivity contribution in [3.8, 4) is 11.5 Å². The summed E-state index contributed by atoms with van der Waals surface area (Å²) < 4.78 is 10.8. The van der Waals surface area contributed by atoms with Crippen LogP contribution in [0.15, 0.2) is 78.4 Å². The molecule has 0 spiro atoms. The van der Waals surface area contributed by atoms with E-state index in [1.54, 1.807) is 72.8 Å². The molecule has 2 amide bonds. The number of carbonyl (C=O) groups excluding carboxylic acids is 3. The smallest absolute Gasteiger partial charge is 0.300 e. The van der Waals surface area contributed by atoms with Crippen molar-refractivity contribution >= 4 is 34.7 Å². The summed E-state index contributed by atoms with van der Waals surface area (Å²) in [5.74, 6) is -1.20. The number of rotatable bonds is 6. The van der Waals surface area contributed by atoms with Gasteiger partial charge >= 0.3 is 0 Å². The third-order valence-corrected chi connectivity index (χ3v) is 5.68. The molecular weight excluding hydrogens is 448 g/mol. The molecule has 3 aromatic carbocycles. The Hall–Kier alpha value is -4.59. The van der Waals surface area contributed by atoms with Crippen LogP contribution >= 0.6 is 0 Å². The van der Waals surface area contributed by atoms with Gasteiger partial charge in [0, 0.05) is 23.9 Å². The van der Waals surface area contributed by atoms with E-state index in [4.69, 9.17) is 9.47 Å². The number of ketones is 1. The van der Waals surface area contributed by atoms with Crippen LogP contribution in [0.1, 0.15) is 24.1 Å². The summed E-state index contributed by atoms with van der Waals surface area (Å²) in [5.41, 5.74) is 1.89. The molecule has 0 aliphatic carbocycles. The number of nitrogens with zero attached hydrogens (tertiary/aromatic N) is 1. The van der Waals surface area contributed by atoms with Crippen molar-refractivity contribution in [2.75, 3.05) is 24.4 Å². The summed E-state index contributed by atoms with van der Waals surface area (Å²) >= 11 is 0. The standard InChI is InChI=1S/C27H24N2O6/c1-16(30)28-19-10-12-20(13-11-19)29-24(18-9-14-21(34-2)22(15-18)35-3)23(26(32)27(29)33)25(31)17-7-5-4-6-8-17/h4-15,24,31H,1-3H3,(H,28,30)/b25-23+/t24-/m0/s1. The average molecular weight is 472 g/mol. The molecule has 2 N–H and O–H groups in total.